The Bertz CT molecular complexity index is 954. The van der Waals surface area contributed by atoms with E-state index in [9.17, 15) is 9.59 Å². The van der Waals surface area contributed by atoms with Crippen molar-refractivity contribution in [3.63, 3.8) is 0 Å². The SMILES string of the molecule is COC(=O)c1ccccc1Nc1cccc(Cl)c1C(=O)c1ccccc1. The summed E-state index contributed by atoms with van der Waals surface area (Å²) in [6.07, 6.45) is 0. The van der Waals surface area contributed by atoms with Crippen LogP contribution in [0.25, 0.3) is 0 Å². The number of carbonyl (C=O) groups excluding carboxylic acids is 2. The van der Waals surface area contributed by atoms with E-state index in [1.54, 1.807) is 66.7 Å². The van der Waals surface area contributed by atoms with Crippen LogP contribution in [-0.4, -0.2) is 18.9 Å². The van der Waals surface area contributed by atoms with E-state index in [0.29, 0.717) is 33.1 Å². The molecule has 0 aliphatic carbocycles. The van der Waals surface area contributed by atoms with Crippen molar-refractivity contribution in [2.24, 2.45) is 0 Å². The summed E-state index contributed by atoms with van der Waals surface area (Å²) in [5.74, 6) is -0.666. The molecule has 3 aromatic rings. The lowest BCUT2D eigenvalue weighted by atomic mass is 10.0. The lowest BCUT2D eigenvalue weighted by molar-refractivity contribution is 0.0602. The summed E-state index contributed by atoms with van der Waals surface area (Å²) in [5.41, 5.74) is 2.30. The predicted octanol–water partition coefficient (Wildman–Crippen LogP) is 5.10. The summed E-state index contributed by atoms with van der Waals surface area (Å²) >= 11 is 6.32. The average Bonchev–Trinajstić information content (AvgIpc) is 2.68. The number of anilines is 2. The lowest BCUT2D eigenvalue weighted by Crippen LogP contribution is -2.09. The molecule has 0 heterocycles. The molecular weight excluding hydrogens is 350 g/mol. The van der Waals surface area contributed by atoms with Crippen LogP contribution in [-0.2, 0) is 4.74 Å². The second-order valence-electron chi connectivity index (χ2n) is 5.52. The maximum absolute atomic E-state index is 12.9. The second-order valence-corrected chi connectivity index (χ2v) is 5.93. The number of halogens is 1. The highest BCUT2D eigenvalue weighted by molar-refractivity contribution is 6.36. The lowest BCUT2D eigenvalue weighted by Gasteiger charge is -2.15. The molecule has 0 fully saturated rings. The van der Waals surface area contributed by atoms with Gasteiger partial charge in [-0.25, -0.2) is 4.79 Å². The maximum Gasteiger partial charge on any atom is 0.339 e. The molecule has 3 rings (SSSR count). The Hall–Kier alpha value is -3.11. The summed E-state index contributed by atoms with van der Waals surface area (Å²) in [6.45, 7) is 0. The first-order valence-corrected chi connectivity index (χ1v) is 8.32. The molecule has 0 aromatic heterocycles. The van der Waals surface area contributed by atoms with Crippen LogP contribution in [0.1, 0.15) is 26.3 Å². The summed E-state index contributed by atoms with van der Waals surface area (Å²) in [5, 5.41) is 3.47. The van der Waals surface area contributed by atoms with Gasteiger partial charge in [0, 0.05) is 5.56 Å². The van der Waals surface area contributed by atoms with Gasteiger partial charge in [-0.1, -0.05) is 60.1 Å². The van der Waals surface area contributed by atoms with Gasteiger partial charge < -0.3 is 10.1 Å². The molecule has 0 aliphatic rings. The first-order valence-electron chi connectivity index (χ1n) is 7.94. The molecule has 1 N–H and O–H groups in total. The van der Waals surface area contributed by atoms with E-state index in [4.69, 9.17) is 16.3 Å². The Labute approximate surface area is 156 Å². The van der Waals surface area contributed by atoms with Crippen molar-refractivity contribution in [2.45, 2.75) is 0 Å². The Kier molecular flexibility index (Phi) is 5.34. The fraction of sp³-hybridized carbons (Fsp3) is 0.0476. The van der Waals surface area contributed by atoms with E-state index in [0.717, 1.165) is 0 Å². The van der Waals surface area contributed by atoms with E-state index in [1.165, 1.54) is 7.11 Å². The fourth-order valence-electron chi connectivity index (χ4n) is 2.62. The number of hydrogen-bond acceptors (Lipinski definition) is 4. The van der Waals surface area contributed by atoms with Gasteiger partial charge in [-0.3, -0.25) is 4.79 Å². The molecule has 0 saturated carbocycles. The molecule has 0 atom stereocenters. The molecule has 0 saturated heterocycles. The molecule has 5 heteroatoms. The van der Waals surface area contributed by atoms with E-state index in [1.807, 2.05) is 6.07 Å². The fourth-order valence-corrected chi connectivity index (χ4v) is 2.88. The van der Waals surface area contributed by atoms with Crippen molar-refractivity contribution < 1.29 is 14.3 Å². The summed E-state index contributed by atoms with van der Waals surface area (Å²) in [7, 11) is 1.32. The van der Waals surface area contributed by atoms with Crippen molar-refractivity contribution >= 4 is 34.7 Å². The molecule has 26 heavy (non-hydrogen) atoms. The minimum absolute atomic E-state index is 0.200. The highest BCUT2D eigenvalue weighted by Gasteiger charge is 2.19. The van der Waals surface area contributed by atoms with Crippen LogP contribution >= 0.6 is 11.6 Å². The van der Waals surface area contributed by atoms with Crippen molar-refractivity contribution in [2.75, 3.05) is 12.4 Å². The Morgan fingerprint density at radius 3 is 2.23 bits per heavy atom. The van der Waals surface area contributed by atoms with Crippen molar-refractivity contribution in [3.05, 3.63) is 94.5 Å². The number of ketones is 1. The minimum Gasteiger partial charge on any atom is -0.465 e. The van der Waals surface area contributed by atoms with Gasteiger partial charge >= 0.3 is 5.97 Å². The topological polar surface area (TPSA) is 55.4 Å². The monoisotopic (exact) mass is 365 g/mol. The number of benzene rings is 3. The van der Waals surface area contributed by atoms with Crippen LogP contribution in [0.5, 0.6) is 0 Å². The van der Waals surface area contributed by atoms with Gasteiger partial charge in [0.05, 0.1) is 34.6 Å². The first kappa shape index (κ1) is 17.7. The maximum atomic E-state index is 12.9. The van der Waals surface area contributed by atoms with Crippen LogP contribution in [0.2, 0.25) is 5.02 Å². The first-order chi connectivity index (χ1) is 12.6. The highest BCUT2D eigenvalue weighted by Crippen LogP contribution is 2.30. The number of hydrogen-bond donors (Lipinski definition) is 1. The molecule has 0 bridgehead atoms. The van der Waals surface area contributed by atoms with Gasteiger partial charge in [0.25, 0.3) is 0 Å². The van der Waals surface area contributed by atoms with Crippen molar-refractivity contribution in [3.8, 4) is 0 Å². The zero-order valence-corrected chi connectivity index (χ0v) is 14.8. The molecule has 0 amide bonds. The molecule has 0 radical (unpaired) electrons. The number of rotatable bonds is 5. The second kappa shape index (κ2) is 7.85. The van der Waals surface area contributed by atoms with Gasteiger partial charge in [-0.05, 0) is 24.3 Å². The predicted molar refractivity (Wildman–Crippen MR) is 102 cm³/mol. The Morgan fingerprint density at radius 1 is 0.846 bits per heavy atom. The van der Waals surface area contributed by atoms with Gasteiger partial charge in [0.2, 0.25) is 0 Å². The number of methoxy groups -OCH3 is 1. The zero-order valence-electron chi connectivity index (χ0n) is 14.0. The van der Waals surface area contributed by atoms with E-state index >= 15 is 0 Å². The smallest absolute Gasteiger partial charge is 0.339 e. The van der Waals surface area contributed by atoms with Gasteiger partial charge in [-0.15, -0.1) is 0 Å². The number of carbonyl (C=O) groups is 2. The zero-order chi connectivity index (χ0) is 18.5. The molecule has 0 spiro atoms. The third kappa shape index (κ3) is 3.60. The van der Waals surface area contributed by atoms with Crippen LogP contribution in [0.3, 0.4) is 0 Å². The van der Waals surface area contributed by atoms with Gasteiger partial charge in [0.15, 0.2) is 5.78 Å². The van der Waals surface area contributed by atoms with E-state index < -0.39 is 5.97 Å². The van der Waals surface area contributed by atoms with Gasteiger partial charge in [0.1, 0.15) is 0 Å². The Morgan fingerprint density at radius 2 is 1.50 bits per heavy atom. The molecule has 3 aromatic carbocycles. The Balaban J connectivity index is 2.05. The van der Waals surface area contributed by atoms with E-state index in [2.05, 4.69) is 5.32 Å². The third-order valence-corrected chi connectivity index (χ3v) is 4.19. The van der Waals surface area contributed by atoms with Crippen LogP contribution < -0.4 is 5.32 Å². The molecule has 0 aliphatic heterocycles. The van der Waals surface area contributed by atoms with Gasteiger partial charge in [-0.2, -0.15) is 0 Å². The summed E-state index contributed by atoms with van der Waals surface area (Å²) in [4.78, 5) is 24.9. The number of nitrogens with one attached hydrogen (secondary N) is 1. The third-order valence-electron chi connectivity index (χ3n) is 3.88. The summed E-state index contributed by atoms with van der Waals surface area (Å²) in [6, 6.07) is 21.0. The number of ether oxygens (including phenoxy) is 1. The molecule has 130 valence electrons. The van der Waals surface area contributed by atoms with Crippen LogP contribution in [0.15, 0.2) is 72.8 Å². The quantitative estimate of drug-likeness (QED) is 0.504. The normalized spacial score (nSPS) is 10.2. The van der Waals surface area contributed by atoms with E-state index in [-0.39, 0.29) is 5.78 Å². The van der Waals surface area contributed by atoms with Crippen LogP contribution in [0.4, 0.5) is 11.4 Å². The molecule has 0 unspecified atom stereocenters. The average molecular weight is 366 g/mol. The number of para-hydroxylation sites is 1. The van der Waals surface area contributed by atoms with Crippen molar-refractivity contribution in [1.29, 1.82) is 0 Å². The molecular formula is C21H16ClNO3. The standard InChI is InChI=1S/C21H16ClNO3/c1-26-21(25)15-10-5-6-12-17(15)23-18-13-7-11-16(22)19(18)20(24)14-8-3-2-4-9-14/h2-13,23H,1H3. The molecule has 4 nitrogen and oxygen atoms in total. The number of esters is 1. The van der Waals surface area contributed by atoms with Crippen LogP contribution in [0, 0.1) is 0 Å². The summed E-state index contributed by atoms with van der Waals surface area (Å²) < 4.78 is 4.81. The van der Waals surface area contributed by atoms with Crippen molar-refractivity contribution in [1.82, 2.24) is 0 Å². The highest BCUT2D eigenvalue weighted by atomic mass is 35.5. The largest absolute Gasteiger partial charge is 0.465 e. The minimum atomic E-state index is -0.467.